The molecule has 5 heteroatoms. The molecule has 0 saturated carbocycles. The van der Waals surface area contributed by atoms with E-state index < -0.39 is 109 Å². The van der Waals surface area contributed by atoms with E-state index in [1.54, 1.807) is 9.13 Å². The van der Waals surface area contributed by atoms with Crippen molar-refractivity contribution in [3.63, 3.8) is 0 Å². The highest BCUT2D eigenvalue weighted by molar-refractivity contribution is 7.00. The lowest BCUT2D eigenvalue weighted by Crippen LogP contribution is -2.61. The third-order valence-electron chi connectivity index (χ3n) is 23.5. The molecule has 115 heavy (non-hydrogen) atoms. The molecule has 19 rings (SSSR count). The van der Waals surface area contributed by atoms with Gasteiger partial charge in [-0.15, -0.1) is 0 Å². The fourth-order valence-electron chi connectivity index (χ4n) is 17.3. The van der Waals surface area contributed by atoms with Crippen LogP contribution in [0.15, 0.2) is 327 Å². The molecule has 0 amide bonds. The van der Waals surface area contributed by atoms with Crippen LogP contribution in [-0.2, 0) is 27.1 Å². The van der Waals surface area contributed by atoms with E-state index in [-0.39, 0.29) is 65.3 Å². The van der Waals surface area contributed by atoms with Gasteiger partial charge < -0.3 is 18.9 Å². The van der Waals surface area contributed by atoms with Gasteiger partial charge in [0.25, 0.3) is 6.71 Å². The van der Waals surface area contributed by atoms with Crippen LogP contribution in [-0.4, -0.2) is 15.8 Å². The lowest BCUT2D eigenvalue weighted by atomic mass is 9.33. The van der Waals surface area contributed by atoms with Gasteiger partial charge >= 0.3 is 0 Å². The Morgan fingerprint density at radius 3 is 0.861 bits per heavy atom. The Morgan fingerprint density at radius 1 is 0.243 bits per heavy atom. The predicted molar refractivity (Wildman–Crippen MR) is 495 cm³/mol. The molecular weight excluding hydrogens is 1390 g/mol. The summed E-state index contributed by atoms with van der Waals surface area (Å²) in [6, 6.07) is 72.9. The molecular formula is C110H99BN4. The fourth-order valence-corrected chi connectivity index (χ4v) is 17.3. The number of aromatic nitrogens is 2. The molecule has 0 N–H and O–H groups in total. The van der Waals surface area contributed by atoms with Gasteiger partial charge in [0.2, 0.25) is 0 Å². The molecule has 17 aromatic rings. The predicted octanol–water partition coefficient (Wildman–Crippen LogP) is 28.5. The van der Waals surface area contributed by atoms with Gasteiger partial charge in [0, 0.05) is 77.9 Å². The second kappa shape index (κ2) is 27.1. The standard InChI is InChI=1S/C110H99BN4/c1-106(2,3)78-60-76(61-79(64-78)107(4,5)6)72-38-30-40-74(58-72)87-48-32-46-85(70-34-18-16-19-35-70)104(87)114-99-68-83(112-95-50-26-22-42-89(95)90-43-23-27-51-96(90)112)54-56-93(99)111-94-57-55-84(113-97-52-28-24-44-91(97)92-45-25-29-53-98(92)113)69-100(94)115(102-67-82(110(13,14)15)66-101(114)103(102)111)105-86(71-36-20-17-21-37-71)47-33-49-88(105)75-41-31-39-73(59-75)77-62-80(108(7,8)9)65-81(63-77)109(10,11)12/h16-69H,1-15H3/i22D,23D,24D,25D,26D,27D,28D,29D,42D,43D,44D,45D,50D,51D,52D,53D. The molecule has 2 aliphatic rings. The quantitative estimate of drug-likeness (QED) is 0.127. The number of hydrogen-bond donors (Lipinski definition) is 0. The molecule has 0 saturated heterocycles. The van der Waals surface area contributed by atoms with Crippen LogP contribution in [0.25, 0.3) is 122 Å². The van der Waals surface area contributed by atoms with Gasteiger partial charge in [-0.1, -0.05) is 358 Å². The molecule has 0 radical (unpaired) electrons. The first-order valence-electron chi connectivity index (χ1n) is 47.8. The highest BCUT2D eigenvalue weighted by atomic mass is 15.2. The molecule has 562 valence electrons. The molecule has 15 aromatic carbocycles. The molecule has 0 unspecified atom stereocenters. The maximum atomic E-state index is 9.98. The van der Waals surface area contributed by atoms with Gasteiger partial charge in [0.15, 0.2) is 0 Å². The molecule has 4 heterocycles. The van der Waals surface area contributed by atoms with Gasteiger partial charge in [-0.3, -0.25) is 0 Å². The normalized spacial score (nSPS) is 15.1. The van der Waals surface area contributed by atoms with Crippen LogP contribution in [0.1, 0.15) is 154 Å². The van der Waals surface area contributed by atoms with Gasteiger partial charge in [-0.05, 0) is 188 Å². The average Bonchev–Trinajstić information content (AvgIpc) is 1.29. The number of nitrogens with zero attached hydrogens (tertiary/aromatic N) is 4. The van der Waals surface area contributed by atoms with E-state index in [2.05, 4.69) is 271 Å². The third-order valence-corrected chi connectivity index (χ3v) is 23.5. The Balaban J connectivity index is 1.01. The molecule has 2 aliphatic heterocycles. The Bertz CT molecular complexity index is 7110. The molecule has 0 bridgehead atoms. The first-order chi connectivity index (χ1) is 61.8. The van der Waals surface area contributed by atoms with Crippen LogP contribution in [0.4, 0.5) is 34.1 Å². The van der Waals surface area contributed by atoms with Crippen LogP contribution in [0.5, 0.6) is 0 Å². The SMILES string of the molecule is [2H]c1c([2H])c([2H])c2c(c1[2H])c1c([2H])c([2H])c([2H])c([2H])c1n2-c1ccc2c(c1)N(c1c(-c3ccccc3)cccc1-c1cccc(-c3cc(C(C)(C)C)cc(C(C)(C)C)c3)c1)c1cc(C(C)(C)C)cc3c1B2c1ccc(-n2c4c([2H])c([2H])c([2H])c([2H])c4c4c([2H])c([2H])c([2H])c([2H])c42)cc1N3c1c(-c2ccccc2)cccc1-c1cccc(-c2cc(C(C)(C)C)cc(C(C)(C)C)c2)c1. The van der Waals surface area contributed by atoms with Gasteiger partial charge in [-0.25, -0.2) is 0 Å². The Hall–Kier alpha value is -12.4. The summed E-state index contributed by atoms with van der Waals surface area (Å²) in [6.45, 7) is 32.7. The first kappa shape index (κ1) is 56.7. The summed E-state index contributed by atoms with van der Waals surface area (Å²) in [7, 11) is 0. The van der Waals surface area contributed by atoms with E-state index in [9.17, 15) is 21.9 Å². The summed E-state index contributed by atoms with van der Waals surface area (Å²) < 4.78 is 156. The van der Waals surface area contributed by atoms with E-state index in [4.69, 9.17) is 0 Å². The molecule has 0 aliphatic carbocycles. The van der Waals surface area contributed by atoms with E-state index in [1.807, 2.05) is 72.8 Å². The number of hydrogen-bond acceptors (Lipinski definition) is 2. The van der Waals surface area contributed by atoms with E-state index in [0.29, 0.717) is 22.7 Å². The molecule has 0 spiro atoms. The van der Waals surface area contributed by atoms with Crippen molar-refractivity contribution in [2.24, 2.45) is 0 Å². The number of para-hydroxylation sites is 6. The minimum atomic E-state index is -0.791. The lowest BCUT2D eigenvalue weighted by molar-refractivity contribution is 0.568. The number of anilines is 6. The van der Waals surface area contributed by atoms with Crippen LogP contribution in [0, 0.1) is 0 Å². The van der Waals surface area contributed by atoms with Crippen LogP contribution < -0.4 is 26.2 Å². The zero-order valence-corrected chi connectivity index (χ0v) is 67.8. The van der Waals surface area contributed by atoms with Crippen LogP contribution in [0.3, 0.4) is 0 Å². The molecule has 2 aromatic heterocycles. The van der Waals surface area contributed by atoms with Crippen molar-refractivity contribution in [2.75, 3.05) is 9.80 Å². The summed E-state index contributed by atoms with van der Waals surface area (Å²) >= 11 is 0. The maximum absolute atomic E-state index is 9.98. The van der Waals surface area contributed by atoms with Crippen LogP contribution >= 0.6 is 0 Å². The second-order valence-electron chi connectivity index (χ2n) is 36.2. The van der Waals surface area contributed by atoms with Crippen molar-refractivity contribution in [1.82, 2.24) is 9.13 Å². The summed E-state index contributed by atoms with van der Waals surface area (Å²) in [5.41, 5.74) is 22.0. The molecule has 0 fully saturated rings. The number of rotatable bonds is 10. The Labute approximate surface area is 702 Å². The summed E-state index contributed by atoms with van der Waals surface area (Å²) in [4.78, 5) is 4.71. The number of benzene rings is 15. The molecule has 4 nitrogen and oxygen atoms in total. The molecule has 0 atom stereocenters. The fraction of sp³-hybridized carbons (Fsp3) is 0.182. The summed E-state index contributed by atoms with van der Waals surface area (Å²) in [5, 5.41) is -0.298. The van der Waals surface area contributed by atoms with Crippen molar-refractivity contribution in [2.45, 2.75) is 131 Å². The van der Waals surface area contributed by atoms with Crippen molar-refractivity contribution in [3.05, 3.63) is 355 Å². The minimum absolute atomic E-state index is 0.0529. The van der Waals surface area contributed by atoms with Crippen molar-refractivity contribution < 1.29 is 21.9 Å². The van der Waals surface area contributed by atoms with Crippen LogP contribution in [0.2, 0.25) is 0 Å². The highest BCUT2D eigenvalue weighted by Crippen LogP contribution is 2.55. The van der Waals surface area contributed by atoms with Gasteiger partial charge in [0.1, 0.15) is 0 Å². The maximum Gasteiger partial charge on any atom is 0.252 e. The monoisotopic (exact) mass is 1500 g/mol. The first-order valence-corrected chi connectivity index (χ1v) is 39.8. The van der Waals surface area contributed by atoms with E-state index in [0.717, 1.165) is 111 Å². The van der Waals surface area contributed by atoms with Crippen molar-refractivity contribution >= 4 is 101 Å². The van der Waals surface area contributed by atoms with Crippen molar-refractivity contribution in [1.29, 1.82) is 0 Å². The topological polar surface area (TPSA) is 16.3 Å². The average molecular weight is 1500 g/mol. The lowest BCUT2D eigenvalue weighted by Gasteiger charge is -2.46. The number of fused-ring (bicyclic) bond motifs is 10. The Morgan fingerprint density at radius 2 is 0.530 bits per heavy atom. The summed E-state index contributed by atoms with van der Waals surface area (Å²) in [6.07, 6.45) is 0. The third kappa shape index (κ3) is 12.5. The smallest absolute Gasteiger partial charge is 0.252 e. The van der Waals surface area contributed by atoms with E-state index in [1.165, 1.54) is 22.3 Å². The van der Waals surface area contributed by atoms with Gasteiger partial charge in [-0.2, -0.15) is 0 Å². The van der Waals surface area contributed by atoms with E-state index >= 15 is 0 Å². The zero-order valence-electron chi connectivity index (χ0n) is 83.8. The largest absolute Gasteiger partial charge is 0.310 e. The summed E-state index contributed by atoms with van der Waals surface area (Å²) in [5.74, 6) is 0. The highest BCUT2D eigenvalue weighted by Gasteiger charge is 2.46. The zero-order chi connectivity index (χ0) is 93.3. The van der Waals surface area contributed by atoms with Gasteiger partial charge in [0.05, 0.1) is 55.4 Å². The second-order valence-corrected chi connectivity index (χ2v) is 36.2. The van der Waals surface area contributed by atoms with Crippen molar-refractivity contribution in [3.8, 4) is 78.1 Å². The minimum Gasteiger partial charge on any atom is -0.310 e. The Kier molecular flexibility index (Phi) is 13.4.